The van der Waals surface area contributed by atoms with E-state index < -0.39 is 6.10 Å². The van der Waals surface area contributed by atoms with Gasteiger partial charge in [0.15, 0.2) is 0 Å². The van der Waals surface area contributed by atoms with Crippen molar-refractivity contribution < 1.29 is 5.11 Å². The van der Waals surface area contributed by atoms with Gasteiger partial charge in [-0.2, -0.15) is 0 Å². The second-order valence-electron chi connectivity index (χ2n) is 5.99. The van der Waals surface area contributed by atoms with Crippen molar-refractivity contribution in [2.45, 2.75) is 50.8 Å². The SMILES string of the molecule is C[C@H](O)c1cnc(CNC2(c3cccc(Cl)c3)CCCC2)s1. The average Bonchev–Trinajstić information content (AvgIpc) is 3.15. The summed E-state index contributed by atoms with van der Waals surface area (Å²) in [6.07, 6.45) is 6.04. The van der Waals surface area contributed by atoms with Crippen LogP contribution in [-0.2, 0) is 12.1 Å². The molecule has 1 fully saturated rings. The summed E-state index contributed by atoms with van der Waals surface area (Å²) in [5, 5.41) is 15.1. The minimum absolute atomic E-state index is 0.00155. The van der Waals surface area contributed by atoms with Crippen molar-refractivity contribution in [3.63, 3.8) is 0 Å². The van der Waals surface area contributed by atoms with E-state index in [0.29, 0.717) is 0 Å². The Balaban J connectivity index is 1.77. The molecule has 1 saturated carbocycles. The normalized spacial score (nSPS) is 18.5. The number of hydrogen-bond donors (Lipinski definition) is 2. The fraction of sp³-hybridized carbons (Fsp3) is 0.471. The van der Waals surface area contributed by atoms with Gasteiger partial charge in [-0.15, -0.1) is 11.3 Å². The molecular weight excluding hydrogens is 316 g/mol. The zero-order chi connectivity index (χ0) is 15.6. The second kappa shape index (κ2) is 6.67. The summed E-state index contributed by atoms with van der Waals surface area (Å²) in [4.78, 5) is 5.33. The number of halogens is 1. The molecule has 1 heterocycles. The summed E-state index contributed by atoms with van der Waals surface area (Å²) in [6.45, 7) is 2.50. The van der Waals surface area contributed by atoms with Crippen LogP contribution in [0, 0.1) is 0 Å². The predicted molar refractivity (Wildman–Crippen MR) is 91.2 cm³/mol. The van der Waals surface area contributed by atoms with Crippen molar-refractivity contribution in [2.24, 2.45) is 0 Å². The number of benzene rings is 1. The van der Waals surface area contributed by atoms with Crippen molar-refractivity contribution in [1.29, 1.82) is 0 Å². The Morgan fingerprint density at radius 3 is 2.82 bits per heavy atom. The number of aromatic nitrogens is 1. The van der Waals surface area contributed by atoms with E-state index in [9.17, 15) is 5.11 Å². The van der Waals surface area contributed by atoms with E-state index in [-0.39, 0.29) is 5.54 Å². The summed E-state index contributed by atoms with van der Waals surface area (Å²) < 4.78 is 0. The quantitative estimate of drug-likeness (QED) is 0.850. The van der Waals surface area contributed by atoms with Crippen molar-refractivity contribution in [1.82, 2.24) is 10.3 Å². The van der Waals surface area contributed by atoms with Gasteiger partial charge in [0.1, 0.15) is 5.01 Å². The predicted octanol–water partition coefficient (Wildman–Crippen LogP) is 4.41. The lowest BCUT2D eigenvalue weighted by Gasteiger charge is -2.31. The van der Waals surface area contributed by atoms with Crippen LogP contribution in [-0.4, -0.2) is 10.1 Å². The molecule has 0 aliphatic heterocycles. The van der Waals surface area contributed by atoms with Gasteiger partial charge in [0.2, 0.25) is 0 Å². The molecule has 2 aromatic rings. The number of thiazole rings is 1. The third kappa shape index (κ3) is 3.35. The second-order valence-corrected chi connectivity index (χ2v) is 7.57. The lowest BCUT2D eigenvalue weighted by molar-refractivity contribution is 0.203. The summed E-state index contributed by atoms with van der Waals surface area (Å²) in [5.74, 6) is 0. The highest BCUT2D eigenvalue weighted by molar-refractivity contribution is 7.11. The first-order valence-corrected chi connectivity index (χ1v) is 8.92. The van der Waals surface area contributed by atoms with E-state index in [1.807, 2.05) is 12.1 Å². The number of rotatable bonds is 5. The Kier molecular flexibility index (Phi) is 4.83. The van der Waals surface area contributed by atoms with Gasteiger partial charge < -0.3 is 10.4 Å². The molecule has 118 valence electrons. The molecular formula is C17H21ClN2OS. The van der Waals surface area contributed by atoms with E-state index in [1.54, 1.807) is 24.5 Å². The van der Waals surface area contributed by atoms with Crippen LogP contribution in [0.2, 0.25) is 5.02 Å². The van der Waals surface area contributed by atoms with Gasteiger partial charge in [0.05, 0.1) is 11.0 Å². The highest BCUT2D eigenvalue weighted by Crippen LogP contribution is 2.39. The maximum absolute atomic E-state index is 9.61. The Hall–Kier alpha value is -0.940. The Morgan fingerprint density at radius 1 is 1.41 bits per heavy atom. The molecule has 3 rings (SSSR count). The van der Waals surface area contributed by atoms with E-state index >= 15 is 0 Å². The van der Waals surface area contributed by atoms with Crippen LogP contribution in [0.1, 0.15) is 54.2 Å². The summed E-state index contributed by atoms with van der Waals surface area (Å²) in [7, 11) is 0. The van der Waals surface area contributed by atoms with Crippen LogP contribution in [0.3, 0.4) is 0 Å². The Morgan fingerprint density at radius 2 is 2.18 bits per heavy atom. The summed E-state index contributed by atoms with van der Waals surface area (Å²) in [6, 6.07) is 8.17. The number of hydrogen-bond acceptors (Lipinski definition) is 4. The maximum atomic E-state index is 9.61. The first-order valence-electron chi connectivity index (χ1n) is 7.73. The van der Waals surface area contributed by atoms with Crippen LogP contribution < -0.4 is 5.32 Å². The molecule has 2 N–H and O–H groups in total. The van der Waals surface area contributed by atoms with Gasteiger partial charge in [-0.05, 0) is 37.5 Å². The van der Waals surface area contributed by atoms with Crippen molar-refractivity contribution in [3.05, 3.63) is 50.9 Å². The number of nitrogens with one attached hydrogen (secondary N) is 1. The molecule has 1 aliphatic carbocycles. The van der Waals surface area contributed by atoms with Gasteiger partial charge >= 0.3 is 0 Å². The summed E-state index contributed by atoms with van der Waals surface area (Å²) >= 11 is 7.75. The van der Waals surface area contributed by atoms with Gasteiger partial charge in [0.25, 0.3) is 0 Å². The van der Waals surface area contributed by atoms with Crippen LogP contribution in [0.15, 0.2) is 30.5 Å². The minimum Gasteiger partial charge on any atom is -0.388 e. The molecule has 0 bridgehead atoms. The lowest BCUT2D eigenvalue weighted by atomic mass is 9.88. The zero-order valence-electron chi connectivity index (χ0n) is 12.7. The largest absolute Gasteiger partial charge is 0.388 e. The van der Waals surface area contributed by atoms with E-state index in [4.69, 9.17) is 11.6 Å². The lowest BCUT2D eigenvalue weighted by Crippen LogP contribution is -2.39. The smallest absolute Gasteiger partial charge is 0.107 e. The monoisotopic (exact) mass is 336 g/mol. The van der Waals surface area contributed by atoms with Crippen LogP contribution in [0.4, 0.5) is 0 Å². The molecule has 5 heteroatoms. The first-order chi connectivity index (χ1) is 10.6. The molecule has 1 atom stereocenters. The van der Waals surface area contributed by atoms with Gasteiger partial charge in [-0.1, -0.05) is 36.6 Å². The summed E-state index contributed by atoms with van der Waals surface area (Å²) in [5.41, 5.74) is 1.27. The standard InChI is InChI=1S/C17H21ClN2OS/c1-12(21)15-10-19-16(22-15)11-20-17(7-2-3-8-17)13-5-4-6-14(18)9-13/h4-6,9-10,12,20-21H,2-3,7-8,11H2,1H3/t12-/m0/s1. The van der Waals surface area contributed by atoms with Gasteiger partial charge in [0, 0.05) is 23.3 Å². The zero-order valence-corrected chi connectivity index (χ0v) is 14.3. The first kappa shape index (κ1) is 15.9. The van der Waals surface area contributed by atoms with Crippen LogP contribution in [0.5, 0.6) is 0 Å². The molecule has 0 unspecified atom stereocenters. The van der Waals surface area contributed by atoms with Crippen LogP contribution >= 0.6 is 22.9 Å². The van der Waals surface area contributed by atoms with Crippen molar-refractivity contribution >= 4 is 22.9 Å². The number of aliphatic hydroxyl groups excluding tert-OH is 1. The molecule has 22 heavy (non-hydrogen) atoms. The molecule has 0 radical (unpaired) electrons. The number of aliphatic hydroxyl groups is 1. The molecule has 1 aliphatic rings. The average molecular weight is 337 g/mol. The van der Waals surface area contributed by atoms with E-state index in [2.05, 4.69) is 22.4 Å². The van der Waals surface area contributed by atoms with E-state index in [1.165, 1.54) is 18.4 Å². The van der Waals surface area contributed by atoms with Crippen molar-refractivity contribution in [3.8, 4) is 0 Å². The van der Waals surface area contributed by atoms with Crippen LogP contribution in [0.25, 0.3) is 0 Å². The topological polar surface area (TPSA) is 45.2 Å². The van der Waals surface area contributed by atoms with E-state index in [0.717, 1.165) is 34.3 Å². The molecule has 3 nitrogen and oxygen atoms in total. The Bertz CT molecular complexity index is 635. The van der Waals surface area contributed by atoms with Gasteiger partial charge in [-0.3, -0.25) is 0 Å². The molecule has 0 saturated heterocycles. The maximum Gasteiger partial charge on any atom is 0.107 e. The highest BCUT2D eigenvalue weighted by Gasteiger charge is 2.35. The third-order valence-corrected chi connectivity index (χ3v) is 5.80. The third-order valence-electron chi connectivity index (χ3n) is 4.40. The molecule has 1 aromatic carbocycles. The number of nitrogens with zero attached hydrogens (tertiary/aromatic N) is 1. The molecule has 0 amide bonds. The minimum atomic E-state index is -0.445. The Labute approximate surface area is 140 Å². The fourth-order valence-electron chi connectivity index (χ4n) is 3.18. The highest BCUT2D eigenvalue weighted by atomic mass is 35.5. The fourth-order valence-corrected chi connectivity index (χ4v) is 4.16. The van der Waals surface area contributed by atoms with Crippen molar-refractivity contribution in [2.75, 3.05) is 0 Å². The van der Waals surface area contributed by atoms with Gasteiger partial charge in [-0.25, -0.2) is 4.98 Å². The molecule has 0 spiro atoms. The molecule has 1 aromatic heterocycles.